The Balaban J connectivity index is 3.23. The number of pyridine rings is 1. The van der Waals surface area contributed by atoms with Crippen molar-refractivity contribution < 1.29 is 18.3 Å². The minimum absolute atomic E-state index is 0.00287. The largest absolute Gasteiger partial charge is 0.506 e. The van der Waals surface area contributed by atoms with E-state index in [-0.39, 0.29) is 5.69 Å². The molecule has 0 spiro atoms. The zero-order valence-corrected chi connectivity index (χ0v) is 6.18. The van der Waals surface area contributed by atoms with E-state index in [0.29, 0.717) is 6.07 Å². The molecule has 1 rings (SSSR count). The second-order valence-corrected chi connectivity index (χ2v) is 2.27. The maximum absolute atomic E-state index is 12.6. The lowest BCUT2D eigenvalue weighted by Crippen LogP contribution is -1.96. The number of rotatable bonds is 1. The van der Waals surface area contributed by atoms with Crippen LogP contribution in [-0.2, 0) is 0 Å². The molecule has 1 aromatic heterocycles. The van der Waals surface area contributed by atoms with Crippen molar-refractivity contribution in [3.63, 3.8) is 0 Å². The number of aromatic hydroxyl groups is 1. The third kappa shape index (κ3) is 1.49. The third-order valence-corrected chi connectivity index (χ3v) is 1.40. The average Bonchev–Trinajstić information content (AvgIpc) is 1.96. The smallest absolute Gasteiger partial charge is 0.268 e. The highest BCUT2D eigenvalue weighted by Gasteiger charge is 2.16. The van der Waals surface area contributed by atoms with Crippen LogP contribution in [0.3, 0.4) is 0 Å². The predicted octanol–water partition coefficient (Wildman–Crippen LogP) is 2.17. The van der Waals surface area contributed by atoms with Crippen LogP contribution in [0.1, 0.15) is 17.7 Å². The van der Waals surface area contributed by atoms with E-state index in [2.05, 4.69) is 4.98 Å². The summed E-state index contributed by atoms with van der Waals surface area (Å²) in [6, 6.07) is 0.683. The zero-order valence-electron chi connectivity index (χ0n) is 6.18. The van der Waals surface area contributed by atoms with Gasteiger partial charge in [0, 0.05) is 0 Å². The molecule has 0 aliphatic heterocycles. The second-order valence-electron chi connectivity index (χ2n) is 2.27. The Hall–Kier alpha value is -1.26. The quantitative estimate of drug-likeness (QED) is 0.667. The molecule has 0 saturated carbocycles. The fraction of sp³-hybridized carbons (Fsp3) is 0.286. The first kappa shape index (κ1) is 8.83. The van der Waals surface area contributed by atoms with Crippen LogP contribution in [0.15, 0.2) is 6.07 Å². The van der Waals surface area contributed by atoms with Crippen molar-refractivity contribution in [2.45, 2.75) is 13.3 Å². The molecule has 66 valence electrons. The molecular formula is C7H6F3NO. The second kappa shape index (κ2) is 3.00. The number of aryl methyl sites for hydroxylation is 1. The molecule has 0 atom stereocenters. The van der Waals surface area contributed by atoms with Crippen LogP contribution < -0.4 is 0 Å². The Labute approximate surface area is 66.7 Å². The molecule has 12 heavy (non-hydrogen) atoms. The molecule has 0 radical (unpaired) electrons. The molecule has 0 bridgehead atoms. The molecule has 1 heterocycles. The lowest BCUT2D eigenvalue weighted by molar-refractivity contribution is 0.144. The molecule has 0 saturated heterocycles. The first-order valence-corrected chi connectivity index (χ1v) is 3.16. The molecule has 1 aromatic rings. The van der Waals surface area contributed by atoms with E-state index in [4.69, 9.17) is 5.11 Å². The van der Waals surface area contributed by atoms with Crippen molar-refractivity contribution in [3.05, 3.63) is 23.3 Å². The molecule has 0 aliphatic carbocycles. The van der Waals surface area contributed by atoms with Gasteiger partial charge in [-0.25, -0.2) is 13.8 Å². The summed E-state index contributed by atoms with van der Waals surface area (Å²) in [5, 5.41) is 8.91. The number of hydrogen-bond acceptors (Lipinski definition) is 2. The maximum atomic E-state index is 12.6. The first-order valence-electron chi connectivity index (χ1n) is 3.16. The van der Waals surface area contributed by atoms with Gasteiger partial charge in [0.15, 0.2) is 0 Å². The summed E-state index contributed by atoms with van der Waals surface area (Å²) < 4.78 is 36.5. The lowest BCUT2D eigenvalue weighted by atomic mass is 10.2. The van der Waals surface area contributed by atoms with Gasteiger partial charge >= 0.3 is 0 Å². The Kier molecular flexibility index (Phi) is 2.21. The molecule has 5 heteroatoms. The Bertz CT molecular complexity index is 301. The first-order chi connectivity index (χ1) is 5.52. The number of nitrogens with zero attached hydrogens (tertiary/aromatic N) is 1. The SMILES string of the molecule is Cc1nc(F)c(C(F)F)cc1O. The van der Waals surface area contributed by atoms with E-state index in [1.807, 2.05) is 0 Å². The third-order valence-electron chi connectivity index (χ3n) is 1.40. The summed E-state index contributed by atoms with van der Waals surface area (Å²) in [5.41, 5.74) is -0.880. The van der Waals surface area contributed by atoms with Gasteiger partial charge in [0.1, 0.15) is 5.75 Å². The average molecular weight is 177 g/mol. The molecule has 0 fully saturated rings. The Morgan fingerprint density at radius 1 is 1.50 bits per heavy atom. The van der Waals surface area contributed by atoms with Crippen molar-refractivity contribution in [3.8, 4) is 5.75 Å². The Morgan fingerprint density at radius 2 is 2.08 bits per heavy atom. The maximum Gasteiger partial charge on any atom is 0.268 e. The van der Waals surface area contributed by atoms with Crippen molar-refractivity contribution in [1.82, 2.24) is 4.98 Å². The van der Waals surface area contributed by atoms with E-state index in [9.17, 15) is 13.2 Å². The molecule has 0 aliphatic rings. The van der Waals surface area contributed by atoms with Gasteiger partial charge in [0.05, 0.1) is 11.3 Å². The van der Waals surface area contributed by atoms with E-state index >= 15 is 0 Å². The predicted molar refractivity (Wildman–Crippen MR) is 35.6 cm³/mol. The van der Waals surface area contributed by atoms with Gasteiger partial charge in [0.2, 0.25) is 5.95 Å². The zero-order chi connectivity index (χ0) is 9.30. The molecule has 0 unspecified atom stereocenters. The van der Waals surface area contributed by atoms with E-state index < -0.39 is 23.7 Å². The van der Waals surface area contributed by atoms with Crippen LogP contribution >= 0.6 is 0 Å². The minimum atomic E-state index is -2.95. The molecule has 2 nitrogen and oxygen atoms in total. The minimum Gasteiger partial charge on any atom is -0.506 e. The summed E-state index contributed by atoms with van der Waals surface area (Å²) in [6.07, 6.45) is -2.95. The highest BCUT2D eigenvalue weighted by molar-refractivity contribution is 5.30. The number of aromatic nitrogens is 1. The highest BCUT2D eigenvalue weighted by atomic mass is 19.3. The molecule has 1 N–H and O–H groups in total. The fourth-order valence-corrected chi connectivity index (χ4v) is 0.733. The normalized spacial score (nSPS) is 10.8. The van der Waals surface area contributed by atoms with Gasteiger partial charge in [-0.3, -0.25) is 0 Å². The van der Waals surface area contributed by atoms with Crippen molar-refractivity contribution >= 4 is 0 Å². The van der Waals surface area contributed by atoms with Crippen LogP contribution in [0.4, 0.5) is 13.2 Å². The molecule has 0 aromatic carbocycles. The summed E-state index contributed by atoms with van der Waals surface area (Å²) >= 11 is 0. The fourth-order valence-electron chi connectivity index (χ4n) is 0.733. The van der Waals surface area contributed by atoms with Crippen LogP contribution in [0.25, 0.3) is 0 Å². The summed E-state index contributed by atoms with van der Waals surface area (Å²) in [5.74, 6) is -1.66. The van der Waals surface area contributed by atoms with Gasteiger partial charge in [-0.1, -0.05) is 0 Å². The Morgan fingerprint density at radius 3 is 2.58 bits per heavy atom. The van der Waals surface area contributed by atoms with Crippen molar-refractivity contribution in [2.24, 2.45) is 0 Å². The summed E-state index contributed by atoms with van der Waals surface area (Å²) in [6.45, 7) is 1.33. The monoisotopic (exact) mass is 177 g/mol. The number of alkyl halides is 2. The van der Waals surface area contributed by atoms with E-state index in [1.165, 1.54) is 6.92 Å². The van der Waals surface area contributed by atoms with Crippen molar-refractivity contribution in [2.75, 3.05) is 0 Å². The topological polar surface area (TPSA) is 33.1 Å². The van der Waals surface area contributed by atoms with Crippen LogP contribution in [-0.4, -0.2) is 10.1 Å². The van der Waals surface area contributed by atoms with Gasteiger partial charge in [0.25, 0.3) is 6.43 Å². The molecule has 0 amide bonds. The highest BCUT2D eigenvalue weighted by Crippen LogP contribution is 2.25. The number of halogens is 3. The van der Waals surface area contributed by atoms with Gasteiger partial charge < -0.3 is 5.11 Å². The van der Waals surface area contributed by atoms with Crippen LogP contribution in [0, 0.1) is 12.9 Å². The van der Waals surface area contributed by atoms with Crippen LogP contribution in [0.5, 0.6) is 5.75 Å². The van der Waals surface area contributed by atoms with Crippen LogP contribution in [0.2, 0.25) is 0 Å². The number of hydrogen-bond donors (Lipinski definition) is 1. The van der Waals surface area contributed by atoms with E-state index in [0.717, 1.165) is 0 Å². The van der Waals surface area contributed by atoms with Gasteiger partial charge in [-0.2, -0.15) is 4.39 Å². The standard InChI is InChI=1S/C7H6F3NO/c1-3-5(12)2-4(6(8)9)7(10)11-3/h2,6,12H,1H3. The van der Waals surface area contributed by atoms with Gasteiger partial charge in [-0.15, -0.1) is 0 Å². The summed E-state index contributed by atoms with van der Waals surface area (Å²) in [7, 11) is 0. The van der Waals surface area contributed by atoms with Crippen molar-refractivity contribution in [1.29, 1.82) is 0 Å². The lowest BCUT2D eigenvalue weighted by Gasteiger charge is -2.03. The van der Waals surface area contributed by atoms with E-state index in [1.54, 1.807) is 0 Å². The summed E-state index contributed by atoms with van der Waals surface area (Å²) in [4.78, 5) is 3.10. The molecular weight excluding hydrogens is 171 g/mol. The van der Waals surface area contributed by atoms with Gasteiger partial charge in [-0.05, 0) is 13.0 Å².